The minimum Gasteiger partial charge on any atom is -0.495 e. The SMILES string of the molecule is CCC[C@@H](O)[C@@H](N)c1cc(OC)c(Br)c(OC)c1. The minimum atomic E-state index is -0.564. The molecule has 0 bridgehead atoms. The van der Waals surface area contributed by atoms with Gasteiger partial charge in [0, 0.05) is 0 Å². The zero-order valence-corrected chi connectivity index (χ0v) is 12.5. The second kappa shape index (κ2) is 6.97. The van der Waals surface area contributed by atoms with E-state index in [1.807, 2.05) is 19.1 Å². The van der Waals surface area contributed by atoms with E-state index in [2.05, 4.69) is 15.9 Å². The van der Waals surface area contributed by atoms with Crippen molar-refractivity contribution in [3.63, 3.8) is 0 Å². The fraction of sp³-hybridized carbons (Fsp3) is 0.538. The molecule has 3 N–H and O–H groups in total. The van der Waals surface area contributed by atoms with Crippen LogP contribution in [0.4, 0.5) is 0 Å². The number of halogens is 1. The van der Waals surface area contributed by atoms with Crippen molar-refractivity contribution in [2.75, 3.05) is 14.2 Å². The van der Waals surface area contributed by atoms with Gasteiger partial charge in [0.1, 0.15) is 16.0 Å². The Kier molecular flexibility index (Phi) is 5.91. The highest BCUT2D eigenvalue weighted by atomic mass is 79.9. The lowest BCUT2D eigenvalue weighted by molar-refractivity contribution is 0.134. The van der Waals surface area contributed by atoms with Crippen LogP contribution < -0.4 is 15.2 Å². The summed E-state index contributed by atoms with van der Waals surface area (Å²) in [6, 6.07) is 3.19. The summed E-state index contributed by atoms with van der Waals surface area (Å²) in [6.45, 7) is 2.01. The molecule has 2 atom stereocenters. The van der Waals surface area contributed by atoms with Crippen LogP contribution in [0.2, 0.25) is 0 Å². The summed E-state index contributed by atoms with van der Waals surface area (Å²) in [5, 5.41) is 9.95. The van der Waals surface area contributed by atoms with Crippen LogP contribution in [0.3, 0.4) is 0 Å². The van der Waals surface area contributed by atoms with Crippen molar-refractivity contribution in [3.05, 3.63) is 22.2 Å². The molecule has 0 fully saturated rings. The molecule has 0 amide bonds. The normalized spacial score (nSPS) is 14.1. The summed E-state index contributed by atoms with van der Waals surface area (Å²) in [6.07, 6.45) is 0.993. The molecule has 0 saturated carbocycles. The van der Waals surface area contributed by atoms with Crippen molar-refractivity contribution < 1.29 is 14.6 Å². The van der Waals surface area contributed by atoms with E-state index in [1.54, 1.807) is 14.2 Å². The first-order valence-corrected chi connectivity index (χ1v) is 6.69. The van der Waals surface area contributed by atoms with Gasteiger partial charge in [0.2, 0.25) is 0 Å². The van der Waals surface area contributed by atoms with Crippen LogP contribution in [-0.2, 0) is 0 Å². The molecule has 0 heterocycles. The number of rotatable bonds is 6. The van der Waals surface area contributed by atoms with Gasteiger partial charge in [-0.1, -0.05) is 13.3 Å². The molecular weight excluding hydrogens is 298 g/mol. The largest absolute Gasteiger partial charge is 0.495 e. The van der Waals surface area contributed by atoms with Gasteiger partial charge in [0.15, 0.2) is 0 Å². The average Bonchev–Trinajstić information content (AvgIpc) is 2.38. The summed E-state index contributed by atoms with van der Waals surface area (Å²) >= 11 is 3.40. The first-order chi connectivity index (χ1) is 8.54. The van der Waals surface area contributed by atoms with E-state index >= 15 is 0 Å². The maximum Gasteiger partial charge on any atom is 0.137 e. The zero-order valence-electron chi connectivity index (χ0n) is 10.9. The Balaban J connectivity index is 3.08. The van der Waals surface area contributed by atoms with E-state index < -0.39 is 12.1 Å². The molecule has 5 heteroatoms. The summed E-state index contributed by atoms with van der Waals surface area (Å²) in [5.41, 5.74) is 6.84. The van der Waals surface area contributed by atoms with Gasteiger partial charge in [0.05, 0.1) is 26.4 Å². The summed E-state index contributed by atoms with van der Waals surface area (Å²) < 4.78 is 11.3. The second-order valence-corrected chi connectivity index (χ2v) is 4.91. The van der Waals surface area contributed by atoms with E-state index in [4.69, 9.17) is 15.2 Å². The predicted molar refractivity (Wildman–Crippen MR) is 75.1 cm³/mol. The molecule has 0 aliphatic rings. The number of benzene rings is 1. The minimum absolute atomic E-state index is 0.444. The first-order valence-electron chi connectivity index (χ1n) is 5.90. The fourth-order valence-corrected chi connectivity index (χ4v) is 2.33. The third-order valence-electron chi connectivity index (χ3n) is 2.85. The van der Waals surface area contributed by atoms with Gasteiger partial charge in [-0.15, -0.1) is 0 Å². The Morgan fingerprint density at radius 3 is 2.17 bits per heavy atom. The van der Waals surface area contributed by atoms with Crippen LogP contribution in [-0.4, -0.2) is 25.4 Å². The van der Waals surface area contributed by atoms with Crippen molar-refractivity contribution in [2.24, 2.45) is 5.73 Å². The topological polar surface area (TPSA) is 64.7 Å². The molecule has 0 spiro atoms. The molecule has 0 aliphatic carbocycles. The number of aliphatic hydroxyl groups is 1. The van der Waals surface area contributed by atoms with Gasteiger partial charge in [-0.2, -0.15) is 0 Å². The standard InChI is InChI=1S/C13H20BrNO3/c1-4-5-9(16)13(15)8-6-10(17-2)12(14)11(7-8)18-3/h6-7,9,13,16H,4-5,15H2,1-3H3/t9-,13+/m1/s1. The van der Waals surface area contributed by atoms with Crippen molar-refractivity contribution in [3.8, 4) is 11.5 Å². The lowest BCUT2D eigenvalue weighted by atomic mass is 9.99. The highest BCUT2D eigenvalue weighted by molar-refractivity contribution is 9.10. The summed E-state index contributed by atoms with van der Waals surface area (Å²) in [7, 11) is 3.16. The van der Waals surface area contributed by atoms with Crippen molar-refractivity contribution >= 4 is 15.9 Å². The van der Waals surface area contributed by atoms with Gasteiger partial charge in [-0.25, -0.2) is 0 Å². The molecule has 0 aliphatic heterocycles. The Hall–Kier alpha value is -0.780. The first kappa shape index (κ1) is 15.3. The van der Waals surface area contributed by atoms with E-state index in [1.165, 1.54) is 0 Å². The second-order valence-electron chi connectivity index (χ2n) is 4.12. The lowest BCUT2D eigenvalue weighted by Gasteiger charge is -2.20. The summed E-state index contributed by atoms with van der Waals surface area (Å²) in [4.78, 5) is 0. The van der Waals surface area contributed by atoms with Crippen molar-refractivity contribution in [2.45, 2.75) is 31.9 Å². The van der Waals surface area contributed by atoms with Crippen molar-refractivity contribution in [1.82, 2.24) is 0 Å². The van der Waals surface area contributed by atoms with E-state index in [9.17, 15) is 5.11 Å². The lowest BCUT2D eigenvalue weighted by Crippen LogP contribution is -2.26. The molecular formula is C13H20BrNO3. The Morgan fingerprint density at radius 2 is 1.78 bits per heavy atom. The van der Waals surface area contributed by atoms with E-state index in [-0.39, 0.29) is 0 Å². The van der Waals surface area contributed by atoms with E-state index in [0.29, 0.717) is 17.9 Å². The molecule has 0 unspecified atom stereocenters. The van der Waals surface area contributed by atoms with E-state index in [0.717, 1.165) is 16.5 Å². The fourth-order valence-electron chi connectivity index (χ4n) is 1.78. The number of methoxy groups -OCH3 is 2. The van der Waals surface area contributed by atoms with Gasteiger partial charge in [-0.3, -0.25) is 0 Å². The van der Waals surface area contributed by atoms with Gasteiger partial charge >= 0.3 is 0 Å². The van der Waals surface area contributed by atoms with Crippen LogP contribution in [0.15, 0.2) is 16.6 Å². The third kappa shape index (κ3) is 3.37. The molecule has 18 heavy (non-hydrogen) atoms. The molecule has 1 rings (SSSR count). The smallest absolute Gasteiger partial charge is 0.137 e. The number of nitrogens with two attached hydrogens (primary N) is 1. The molecule has 0 aromatic heterocycles. The van der Waals surface area contributed by atoms with Gasteiger partial charge in [0.25, 0.3) is 0 Å². The average molecular weight is 318 g/mol. The monoisotopic (exact) mass is 317 g/mol. The predicted octanol–water partition coefficient (Wildman–Crippen LogP) is 2.63. The molecule has 1 aromatic rings. The summed E-state index contributed by atoms with van der Waals surface area (Å²) in [5.74, 6) is 1.28. The molecule has 4 nitrogen and oxygen atoms in total. The Morgan fingerprint density at radius 1 is 1.28 bits per heavy atom. The number of hydrogen-bond donors (Lipinski definition) is 2. The quantitative estimate of drug-likeness (QED) is 0.846. The number of aliphatic hydroxyl groups excluding tert-OH is 1. The number of hydrogen-bond acceptors (Lipinski definition) is 4. The van der Waals surface area contributed by atoms with Crippen LogP contribution >= 0.6 is 15.9 Å². The molecule has 102 valence electrons. The van der Waals surface area contributed by atoms with Gasteiger partial charge in [-0.05, 0) is 40.0 Å². The Bertz CT molecular complexity index is 373. The van der Waals surface area contributed by atoms with Crippen LogP contribution in [0.25, 0.3) is 0 Å². The van der Waals surface area contributed by atoms with Crippen LogP contribution in [0.5, 0.6) is 11.5 Å². The maximum absolute atomic E-state index is 9.95. The highest BCUT2D eigenvalue weighted by Crippen LogP contribution is 2.37. The van der Waals surface area contributed by atoms with Crippen LogP contribution in [0, 0.1) is 0 Å². The number of ether oxygens (including phenoxy) is 2. The van der Waals surface area contributed by atoms with Crippen LogP contribution in [0.1, 0.15) is 31.4 Å². The zero-order chi connectivity index (χ0) is 13.7. The molecule has 1 aromatic carbocycles. The maximum atomic E-state index is 9.95. The third-order valence-corrected chi connectivity index (χ3v) is 3.63. The van der Waals surface area contributed by atoms with Crippen molar-refractivity contribution in [1.29, 1.82) is 0 Å². The highest BCUT2D eigenvalue weighted by Gasteiger charge is 2.19. The molecule has 0 saturated heterocycles. The Labute approximate surface area is 116 Å². The molecule has 0 radical (unpaired) electrons. The van der Waals surface area contributed by atoms with Gasteiger partial charge < -0.3 is 20.3 Å².